The first-order valence-corrected chi connectivity index (χ1v) is 7.13. The van der Waals surface area contributed by atoms with Crippen LogP contribution < -0.4 is 5.32 Å². The molecule has 3 heteroatoms. The van der Waals surface area contributed by atoms with Crippen molar-refractivity contribution in [2.75, 3.05) is 0 Å². The zero-order chi connectivity index (χ0) is 13.1. The quantitative estimate of drug-likeness (QED) is 0.888. The molecule has 1 aromatic rings. The summed E-state index contributed by atoms with van der Waals surface area (Å²) in [4.78, 5) is 0. The third-order valence-corrected chi connectivity index (χ3v) is 3.78. The number of nitrogens with one attached hydrogen (secondary N) is 1. The van der Waals surface area contributed by atoms with Crippen molar-refractivity contribution in [1.29, 1.82) is 0 Å². The van der Waals surface area contributed by atoms with Crippen molar-refractivity contribution in [3.63, 3.8) is 0 Å². The van der Waals surface area contributed by atoms with Gasteiger partial charge in [0.1, 0.15) is 0 Å². The van der Waals surface area contributed by atoms with Gasteiger partial charge >= 0.3 is 0 Å². The van der Waals surface area contributed by atoms with Crippen molar-refractivity contribution >= 4 is 12.4 Å². The summed E-state index contributed by atoms with van der Waals surface area (Å²) < 4.78 is 0. The Labute approximate surface area is 123 Å². The number of hydrogen-bond acceptors (Lipinski definition) is 2. The highest BCUT2D eigenvalue weighted by Crippen LogP contribution is 2.26. The molecule has 2 rings (SSSR count). The van der Waals surface area contributed by atoms with Gasteiger partial charge in [-0.15, -0.1) is 12.4 Å². The summed E-state index contributed by atoms with van der Waals surface area (Å²) in [5, 5.41) is 13.7. The number of hydrogen-bond donors (Lipinski definition) is 2. The summed E-state index contributed by atoms with van der Waals surface area (Å²) in [5.41, 5.74) is 3.97. The Kier molecular flexibility index (Phi) is 6.31. The minimum atomic E-state index is -0.417. The van der Waals surface area contributed by atoms with Crippen LogP contribution in [0.15, 0.2) is 18.2 Å². The van der Waals surface area contributed by atoms with E-state index in [1.807, 2.05) is 6.92 Å². The van der Waals surface area contributed by atoms with Crippen LogP contribution in [0.2, 0.25) is 0 Å². The number of benzene rings is 1. The zero-order valence-electron chi connectivity index (χ0n) is 12.1. The molecular formula is C16H26ClNO. The Morgan fingerprint density at radius 3 is 2.32 bits per heavy atom. The lowest BCUT2D eigenvalue weighted by molar-refractivity contribution is 0.131. The van der Waals surface area contributed by atoms with E-state index in [1.165, 1.54) is 36.8 Å². The third kappa shape index (κ3) is 4.20. The van der Waals surface area contributed by atoms with Gasteiger partial charge in [-0.05, 0) is 49.3 Å². The van der Waals surface area contributed by atoms with Crippen molar-refractivity contribution < 1.29 is 5.11 Å². The van der Waals surface area contributed by atoms with Gasteiger partial charge in [0.15, 0.2) is 0 Å². The maximum atomic E-state index is 10.4. The van der Waals surface area contributed by atoms with E-state index >= 15 is 0 Å². The van der Waals surface area contributed by atoms with E-state index in [2.05, 4.69) is 37.4 Å². The van der Waals surface area contributed by atoms with Crippen LogP contribution in [-0.2, 0) is 12.8 Å². The summed E-state index contributed by atoms with van der Waals surface area (Å²) in [6.07, 6.45) is 4.54. The van der Waals surface area contributed by atoms with Gasteiger partial charge in [0.05, 0.1) is 6.10 Å². The summed E-state index contributed by atoms with van der Waals surface area (Å²) >= 11 is 0. The second-order valence-corrected chi connectivity index (χ2v) is 5.79. The molecule has 0 amide bonds. The van der Waals surface area contributed by atoms with Gasteiger partial charge in [-0.25, -0.2) is 0 Å². The number of fused-ring (bicyclic) bond motifs is 1. The van der Waals surface area contributed by atoms with Crippen LogP contribution in [0.4, 0.5) is 0 Å². The maximum Gasteiger partial charge on any atom is 0.0940 e. The summed E-state index contributed by atoms with van der Waals surface area (Å²) in [7, 11) is 0. The molecule has 0 aliphatic heterocycles. The molecule has 2 unspecified atom stereocenters. The second kappa shape index (κ2) is 7.28. The van der Waals surface area contributed by atoms with Crippen molar-refractivity contribution in [2.24, 2.45) is 0 Å². The Bertz CT molecular complexity index is 406. The number of aliphatic hydroxyl groups excluding tert-OH is 1. The first-order chi connectivity index (χ1) is 8.58. The minimum Gasteiger partial charge on any atom is -0.387 e. The number of aryl methyl sites for hydroxylation is 2. The van der Waals surface area contributed by atoms with Crippen LogP contribution in [0.5, 0.6) is 0 Å². The molecule has 0 fully saturated rings. The molecule has 0 aromatic heterocycles. The second-order valence-electron chi connectivity index (χ2n) is 5.79. The highest BCUT2D eigenvalue weighted by molar-refractivity contribution is 5.85. The lowest BCUT2D eigenvalue weighted by atomic mass is 9.88. The normalized spacial score (nSPS) is 17.5. The van der Waals surface area contributed by atoms with Crippen LogP contribution in [0, 0.1) is 0 Å². The van der Waals surface area contributed by atoms with E-state index in [9.17, 15) is 5.11 Å². The molecule has 1 aliphatic carbocycles. The first kappa shape index (κ1) is 16.5. The van der Waals surface area contributed by atoms with Gasteiger partial charge in [0, 0.05) is 12.1 Å². The molecule has 0 saturated carbocycles. The molecule has 2 nitrogen and oxygen atoms in total. The molecule has 108 valence electrons. The molecule has 0 bridgehead atoms. The van der Waals surface area contributed by atoms with E-state index in [4.69, 9.17) is 0 Å². The van der Waals surface area contributed by atoms with Crippen LogP contribution in [0.25, 0.3) is 0 Å². The van der Waals surface area contributed by atoms with Gasteiger partial charge in [-0.2, -0.15) is 0 Å². The molecule has 0 heterocycles. The average Bonchev–Trinajstić information content (AvgIpc) is 2.36. The smallest absolute Gasteiger partial charge is 0.0940 e. The fourth-order valence-corrected chi connectivity index (χ4v) is 2.84. The number of aliphatic hydroxyl groups is 1. The fraction of sp³-hybridized carbons (Fsp3) is 0.625. The Morgan fingerprint density at radius 1 is 1.05 bits per heavy atom. The predicted octanol–water partition coefficient (Wildman–Crippen LogP) is 3.41. The number of halogens is 1. The Balaban J connectivity index is 0.00000180. The van der Waals surface area contributed by atoms with Gasteiger partial charge < -0.3 is 10.4 Å². The van der Waals surface area contributed by atoms with E-state index in [0.29, 0.717) is 6.04 Å². The molecule has 2 N–H and O–H groups in total. The van der Waals surface area contributed by atoms with Gasteiger partial charge in [-0.1, -0.05) is 32.0 Å². The number of rotatable bonds is 4. The van der Waals surface area contributed by atoms with Crippen LogP contribution in [0.3, 0.4) is 0 Å². The average molecular weight is 284 g/mol. The maximum absolute atomic E-state index is 10.4. The standard InChI is InChI=1S/C16H25NO.ClH/c1-11(2)17-12(3)16(18)15-9-8-13-6-4-5-7-14(13)10-15;/h8-12,16-18H,4-7H2,1-3H3;1H. The SMILES string of the molecule is CC(C)NC(C)C(O)c1ccc2c(c1)CCCC2.Cl. The molecule has 2 atom stereocenters. The van der Waals surface area contributed by atoms with E-state index in [0.717, 1.165) is 5.56 Å². The molecule has 1 aromatic carbocycles. The van der Waals surface area contributed by atoms with Crippen molar-refractivity contribution in [3.8, 4) is 0 Å². The molecular weight excluding hydrogens is 258 g/mol. The summed E-state index contributed by atoms with van der Waals surface area (Å²) in [6, 6.07) is 6.99. The highest BCUT2D eigenvalue weighted by Gasteiger charge is 2.18. The summed E-state index contributed by atoms with van der Waals surface area (Å²) in [5.74, 6) is 0. The van der Waals surface area contributed by atoms with Gasteiger partial charge in [0.2, 0.25) is 0 Å². The van der Waals surface area contributed by atoms with E-state index < -0.39 is 6.10 Å². The van der Waals surface area contributed by atoms with Crippen LogP contribution in [0.1, 0.15) is 56.4 Å². The van der Waals surface area contributed by atoms with Crippen molar-refractivity contribution in [1.82, 2.24) is 5.32 Å². The molecule has 0 radical (unpaired) electrons. The predicted molar refractivity (Wildman–Crippen MR) is 83.0 cm³/mol. The monoisotopic (exact) mass is 283 g/mol. The zero-order valence-corrected chi connectivity index (χ0v) is 13.0. The van der Waals surface area contributed by atoms with E-state index in [1.54, 1.807) is 0 Å². The lowest BCUT2D eigenvalue weighted by Gasteiger charge is -2.24. The highest BCUT2D eigenvalue weighted by atomic mass is 35.5. The molecule has 0 saturated heterocycles. The van der Waals surface area contributed by atoms with Crippen molar-refractivity contribution in [2.45, 2.75) is 64.6 Å². The Hall–Kier alpha value is -0.570. The van der Waals surface area contributed by atoms with Gasteiger partial charge in [0.25, 0.3) is 0 Å². The molecule has 0 spiro atoms. The molecule has 1 aliphatic rings. The van der Waals surface area contributed by atoms with E-state index in [-0.39, 0.29) is 18.4 Å². The largest absolute Gasteiger partial charge is 0.387 e. The first-order valence-electron chi connectivity index (χ1n) is 7.13. The minimum absolute atomic E-state index is 0. The fourth-order valence-electron chi connectivity index (χ4n) is 2.84. The Morgan fingerprint density at radius 2 is 1.68 bits per heavy atom. The van der Waals surface area contributed by atoms with Crippen molar-refractivity contribution in [3.05, 3.63) is 34.9 Å². The molecule has 19 heavy (non-hydrogen) atoms. The van der Waals surface area contributed by atoms with Gasteiger partial charge in [-0.3, -0.25) is 0 Å². The third-order valence-electron chi connectivity index (χ3n) is 3.78. The summed E-state index contributed by atoms with van der Waals surface area (Å²) in [6.45, 7) is 6.26. The lowest BCUT2D eigenvalue weighted by Crippen LogP contribution is -2.37. The van der Waals surface area contributed by atoms with Crippen LogP contribution >= 0.6 is 12.4 Å². The topological polar surface area (TPSA) is 32.3 Å². The van der Waals surface area contributed by atoms with Crippen LogP contribution in [-0.4, -0.2) is 17.2 Å².